The fourth-order valence-corrected chi connectivity index (χ4v) is 3.34. The van der Waals surface area contributed by atoms with Crippen LogP contribution in [0.3, 0.4) is 0 Å². The molecule has 3 aromatic carbocycles. The molecule has 28 heavy (non-hydrogen) atoms. The van der Waals surface area contributed by atoms with Gasteiger partial charge in [-0.05, 0) is 23.3 Å². The lowest BCUT2D eigenvalue weighted by Crippen LogP contribution is -2.14. The summed E-state index contributed by atoms with van der Waals surface area (Å²) in [5, 5.41) is 10.5. The van der Waals surface area contributed by atoms with Gasteiger partial charge in [0.25, 0.3) is 0 Å². The number of benzene rings is 3. The zero-order valence-corrected chi connectivity index (χ0v) is 15.8. The van der Waals surface area contributed by atoms with Crippen LogP contribution in [-0.2, 0) is 4.79 Å². The number of carbonyl (C=O) groups excluding carboxylic acids is 1. The van der Waals surface area contributed by atoms with E-state index in [2.05, 4.69) is 32.6 Å². The third-order valence-electron chi connectivity index (χ3n) is 4.12. The number of hydrogen-bond acceptors (Lipinski definition) is 4. The lowest BCUT2D eigenvalue weighted by atomic mass is 10.1. The fourth-order valence-electron chi connectivity index (χ4n) is 2.74. The van der Waals surface area contributed by atoms with Gasteiger partial charge in [0.2, 0.25) is 11.1 Å². The molecule has 138 valence electrons. The fraction of sp³-hybridized carbons (Fsp3) is 0.0455. The summed E-state index contributed by atoms with van der Waals surface area (Å²) < 4.78 is 0. The standard InChI is InChI=1S/C22H18N4OS/c27-20(15-28-22-24-21(25-26-22)18-9-5-2-6-10-18)23-19-13-11-17(12-14-19)16-7-3-1-4-8-16/h1-14H,15H2,(H,23,27)(H,24,25,26). The van der Waals surface area contributed by atoms with Gasteiger partial charge in [-0.2, -0.15) is 0 Å². The van der Waals surface area contributed by atoms with E-state index >= 15 is 0 Å². The van der Waals surface area contributed by atoms with Crippen molar-refractivity contribution in [1.29, 1.82) is 0 Å². The second-order valence-corrected chi connectivity index (χ2v) is 7.06. The third-order valence-corrected chi connectivity index (χ3v) is 4.97. The summed E-state index contributed by atoms with van der Waals surface area (Å²) in [5.41, 5.74) is 3.99. The van der Waals surface area contributed by atoms with Crippen LogP contribution in [0, 0.1) is 0 Å². The lowest BCUT2D eigenvalue weighted by molar-refractivity contribution is -0.113. The largest absolute Gasteiger partial charge is 0.325 e. The van der Waals surface area contributed by atoms with Crippen LogP contribution in [0.1, 0.15) is 0 Å². The highest BCUT2D eigenvalue weighted by molar-refractivity contribution is 7.99. The monoisotopic (exact) mass is 386 g/mol. The molecule has 1 heterocycles. The van der Waals surface area contributed by atoms with Crippen molar-refractivity contribution < 1.29 is 4.79 Å². The highest BCUT2D eigenvalue weighted by Crippen LogP contribution is 2.22. The number of nitrogens with one attached hydrogen (secondary N) is 2. The number of anilines is 1. The molecule has 0 unspecified atom stereocenters. The van der Waals surface area contributed by atoms with Gasteiger partial charge in [-0.3, -0.25) is 9.89 Å². The van der Waals surface area contributed by atoms with Gasteiger partial charge in [0, 0.05) is 11.3 Å². The van der Waals surface area contributed by atoms with Crippen molar-refractivity contribution in [3.8, 4) is 22.5 Å². The Balaban J connectivity index is 1.32. The van der Waals surface area contributed by atoms with Crippen LogP contribution in [-0.4, -0.2) is 26.8 Å². The maximum atomic E-state index is 12.2. The molecule has 1 aromatic heterocycles. The van der Waals surface area contributed by atoms with E-state index in [4.69, 9.17) is 0 Å². The Morgan fingerprint density at radius 2 is 1.43 bits per heavy atom. The molecule has 6 heteroatoms. The summed E-state index contributed by atoms with van der Waals surface area (Å²) >= 11 is 1.30. The third kappa shape index (κ3) is 4.47. The number of carbonyl (C=O) groups is 1. The van der Waals surface area contributed by atoms with Crippen LogP contribution in [0.15, 0.2) is 90.1 Å². The number of amides is 1. The molecular weight excluding hydrogens is 368 g/mol. The Morgan fingerprint density at radius 3 is 2.11 bits per heavy atom. The molecule has 0 aliphatic rings. The Morgan fingerprint density at radius 1 is 0.821 bits per heavy atom. The average molecular weight is 386 g/mol. The van der Waals surface area contributed by atoms with E-state index in [1.165, 1.54) is 11.8 Å². The van der Waals surface area contributed by atoms with Crippen molar-refractivity contribution in [2.75, 3.05) is 11.1 Å². The molecule has 0 bridgehead atoms. The van der Waals surface area contributed by atoms with Gasteiger partial charge in [0.05, 0.1) is 5.75 Å². The van der Waals surface area contributed by atoms with E-state index in [9.17, 15) is 4.79 Å². The van der Waals surface area contributed by atoms with E-state index in [0.717, 1.165) is 22.4 Å². The molecule has 0 atom stereocenters. The van der Waals surface area contributed by atoms with Gasteiger partial charge in [-0.1, -0.05) is 84.6 Å². The van der Waals surface area contributed by atoms with Gasteiger partial charge in [-0.15, -0.1) is 5.10 Å². The number of rotatable bonds is 6. The predicted molar refractivity (Wildman–Crippen MR) is 113 cm³/mol. The van der Waals surface area contributed by atoms with E-state index in [1.807, 2.05) is 72.8 Å². The van der Waals surface area contributed by atoms with E-state index in [0.29, 0.717) is 11.0 Å². The average Bonchev–Trinajstić information content (AvgIpc) is 3.23. The first-order valence-electron chi connectivity index (χ1n) is 8.84. The Kier molecular flexibility index (Phi) is 5.49. The summed E-state index contributed by atoms with van der Waals surface area (Å²) in [4.78, 5) is 16.6. The van der Waals surface area contributed by atoms with Crippen molar-refractivity contribution >= 4 is 23.4 Å². The SMILES string of the molecule is O=C(CSc1n[nH]c(-c2ccccc2)n1)Nc1ccc(-c2ccccc2)cc1. The highest BCUT2D eigenvalue weighted by atomic mass is 32.2. The number of H-pyrrole nitrogens is 1. The molecule has 0 radical (unpaired) electrons. The first kappa shape index (κ1) is 18.0. The van der Waals surface area contributed by atoms with Gasteiger partial charge < -0.3 is 5.32 Å². The highest BCUT2D eigenvalue weighted by Gasteiger charge is 2.09. The number of nitrogens with zero attached hydrogens (tertiary/aromatic N) is 2. The molecule has 2 N–H and O–H groups in total. The first-order chi connectivity index (χ1) is 13.8. The van der Waals surface area contributed by atoms with Crippen molar-refractivity contribution in [3.05, 3.63) is 84.9 Å². The lowest BCUT2D eigenvalue weighted by Gasteiger charge is -2.06. The minimum Gasteiger partial charge on any atom is -0.325 e. The van der Waals surface area contributed by atoms with Gasteiger partial charge in [0.1, 0.15) is 0 Å². The maximum absolute atomic E-state index is 12.2. The van der Waals surface area contributed by atoms with Gasteiger partial charge in [0.15, 0.2) is 5.82 Å². The second-order valence-electron chi connectivity index (χ2n) is 6.11. The topological polar surface area (TPSA) is 70.7 Å². The molecule has 0 aliphatic heterocycles. The zero-order valence-electron chi connectivity index (χ0n) is 15.0. The molecule has 5 nitrogen and oxygen atoms in total. The molecule has 1 amide bonds. The Bertz CT molecular complexity index is 1050. The smallest absolute Gasteiger partial charge is 0.234 e. The minimum atomic E-state index is -0.0940. The number of aromatic nitrogens is 3. The summed E-state index contributed by atoms with van der Waals surface area (Å²) in [6.07, 6.45) is 0. The van der Waals surface area contributed by atoms with E-state index in [-0.39, 0.29) is 11.7 Å². The minimum absolute atomic E-state index is 0.0940. The second kappa shape index (κ2) is 8.54. The molecular formula is C22H18N4OS. The number of thioether (sulfide) groups is 1. The molecule has 0 saturated carbocycles. The van der Waals surface area contributed by atoms with Crippen molar-refractivity contribution in [2.45, 2.75) is 5.16 Å². The predicted octanol–water partition coefficient (Wildman–Crippen LogP) is 4.87. The van der Waals surface area contributed by atoms with Crippen LogP contribution in [0.25, 0.3) is 22.5 Å². The molecule has 4 aromatic rings. The zero-order chi connectivity index (χ0) is 19.2. The summed E-state index contributed by atoms with van der Waals surface area (Å²) in [6, 6.07) is 27.7. The summed E-state index contributed by atoms with van der Waals surface area (Å²) in [5.74, 6) is 0.843. The maximum Gasteiger partial charge on any atom is 0.234 e. The molecule has 0 spiro atoms. The normalized spacial score (nSPS) is 10.6. The Hall–Kier alpha value is -3.38. The van der Waals surface area contributed by atoms with Gasteiger partial charge in [-0.25, -0.2) is 4.98 Å². The first-order valence-corrected chi connectivity index (χ1v) is 9.82. The van der Waals surface area contributed by atoms with Crippen molar-refractivity contribution in [1.82, 2.24) is 15.2 Å². The number of aromatic amines is 1. The Labute approximate surface area is 167 Å². The quantitative estimate of drug-likeness (QED) is 0.464. The van der Waals surface area contributed by atoms with E-state index in [1.54, 1.807) is 0 Å². The molecule has 0 fully saturated rings. The van der Waals surface area contributed by atoms with Crippen LogP contribution >= 0.6 is 11.8 Å². The van der Waals surface area contributed by atoms with Crippen LogP contribution in [0.4, 0.5) is 5.69 Å². The molecule has 0 aliphatic carbocycles. The van der Waals surface area contributed by atoms with Crippen LogP contribution in [0.5, 0.6) is 0 Å². The van der Waals surface area contributed by atoms with E-state index < -0.39 is 0 Å². The number of hydrogen-bond donors (Lipinski definition) is 2. The summed E-state index contributed by atoms with van der Waals surface area (Å²) in [7, 11) is 0. The van der Waals surface area contributed by atoms with Gasteiger partial charge >= 0.3 is 0 Å². The summed E-state index contributed by atoms with van der Waals surface area (Å²) in [6.45, 7) is 0. The van der Waals surface area contributed by atoms with Crippen molar-refractivity contribution in [3.63, 3.8) is 0 Å². The van der Waals surface area contributed by atoms with Crippen LogP contribution < -0.4 is 5.32 Å². The van der Waals surface area contributed by atoms with Crippen LogP contribution in [0.2, 0.25) is 0 Å². The van der Waals surface area contributed by atoms with Crippen molar-refractivity contribution in [2.24, 2.45) is 0 Å². The molecule has 0 saturated heterocycles. The molecule has 4 rings (SSSR count).